The smallest absolute Gasteiger partial charge is 0.181 e. The summed E-state index contributed by atoms with van der Waals surface area (Å²) in [6.07, 6.45) is 1.39. The lowest BCUT2D eigenvalue weighted by atomic mass is 10.1. The number of anilines is 1. The summed E-state index contributed by atoms with van der Waals surface area (Å²) in [6, 6.07) is 5.31. The average molecular weight is 262 g/mol. The molecule has 1 aromatic rings. The topological polar surface area (TPSA) is 152 Å². The monoisotopic (exact) mass is 262 g/mol. The Balaban J connectivity index is 2.62. The molecule has 0 bridgehead atoms. The van der Waals surface area contributed by atoms with Gasteiger partial charge in [-0.2, -0.15) is 10.5 Å². The largest absolute Gasteiger partial charge is 0.398 e. The van der Waals surface area contributed by atoms with E-state index in [9.17, 15) is 5.26 Å². The van der Waals surface area contributed by atoms with Crippen LogP contribution in [0.3, 0.4) is 0 Å². The van der Waals surface area contributed by atoms with Crippen molar-refractivity contribution in [2.45, 2.75) is 0 Å². The van der Waals surface area contributed by atoms with E-state index in [0.717, 1.165) is 0 Å². The molecule has 0 aliphatic carbocycles. The van der Waals surface area contributed by atoms with Gasteiger partial charge in [-0.1, -0.05) is 0 Å². The van der Waals surface area contributed by atoms with Crippen molar-refractivity contribution in [3.05, 3.63) is 29.0 Å². The Morgan fingerprint density at radius 2 is 1.95 bits per heavy atom. The van der Waals surface area contributed by atoms with Crippen molar-refractivity contribution in [1.82, 2.24) is 19.9 Å². The maximum Gasteiger partial charge on any atom is 0.181 e. The summed E-state index contributed by atoms with van der Waals surface area (Å²) < 4.78 is 0. The van der Waals surface area contributed by atoms with Crippen molar-refractivity contribution in [3.8, 4) is 23.5 Å². The van der Waals surface area contributed by atoms with E-state index in [-0.39, 0.29) is 33.8 Å². The molecule has 4 N–H and O–H groups in total. The lowest BCUT2D eigenvalue weighted by molar-refractivity contribution is 1.11. The van der Waals surface area contributed by atoms with Crippen LogP contribution in [0.5, 0.6) is 0 Å². The van der Waals surface area contributed by atoms with Gasteiger partial charge < -0.3 is 10.7 Å². The minimum absolute atomic E-state index is 0.0722. The fourth-order valence-electron chi connectivity index (χ4n) is 1.95. The van der Waals surface area contributed by atoms with E-state index in [1.807, 2.05) is 12.1 Å². The molecule has 0 amide bonds. The third kappa shape index (κ3) is 1.46. The summed E-state index contributed by atoms with van der Waals surface area (Å²) in [5.74, 6) is 0.194. The fourth-order valence-corrected chi connectivity index (χ4v) is 1.95. The van der Waals surface area contributed by atoms with Crippen LogP contribution in [0, 0.1) is 28.1 Å². The van der Waals surface area contributed by atoms with E-state index >= 15 is 0 Å². The van der Waals surface area contributed by atoms with Crippen LogP contribution in [0.4, 0.5) is 5.69 Å². The predicted octanol–water partition coefficient (Wildman–Crippen LogP) is 0.263. The molecule has 3 heterocycles. The zero-order valence-electron chi connectivity index (χ0n) is 9.97. The van der Waals surface area contributed by atoms with Crippen LogP contribution in [0.15, 0.2) is 12.4 Å². The normalized spacial score (nSPS) is 10.3. The highest BCUT2D eigenvalue weighted by Crippen LogP contribution is 2.25. The number of fused-ring (bicyclic) bond motifs is 2. The third-order valence-electron chi connectivity index (χ3n) is 2.86. The maximum absolute atomic E-state index is 9.21. The quantitative estimate of drug-likeness (QED) is 0.528. The molecule has 0 atom stereocenters. The predicted molar refractivity (Wildman–Crippen MR) is 68.0 cm³/mol. The van der Waals surface area contributed by atoms with Crippen LogP contribution >= 0.6 is 0 Å². The van der Waals surface area contributed by atoms with Gasteiger partial charge in [0, 0.05) is 5.56 Å². The molecule has 0 aromatic carbocycles. The summed E-state index contributed by atoms with van der Waals surface area (Å²) in [7, 11) is 0. The Morgan fingerprint density at radius 3 is 2.65 bits per heavy atom. The number of nitrogen functional groups attached to an aromatic ring is 1. The number of nitriles is 2. The highest BCUT2D eigenvalue weighted by atomic mass is 15.0. The third-order valence-corrected chi connectivity index (χ3v) is 2.86. The number of aromatic nitrogens is 4. The standard InChI is InChI=1S/C12H6N8/c13-2-6-5-1-8(15)7(3-14)9-12(18-4-17-9)20-11(5)19-10(6)16/h1,4H,15H2,(H2,16,17,18,19,20). The molecule has 8 nitrogen and oxygen atoms in total. The van der Waals surface area contributed by atoms with Gasteiger partial charge >= 0.3 is 0 Å². The van der Waals surface area contributed by atoms with E-state index in [2.05, 4.69) is 19.9 Å². The number of imidazole rings is 1. The second-order valence-electron chi connectivity index (χ2n) is 3.98. The number of hydrogen-bond donors (Lipinski definition) is 3. The molecule has 94 valence electrons. The molecule has 0 saturated carbocycles. The Hall–Kier alpha value is -3.52. The molecule has 0 saturated heterocycles. The van der Waals surface area contributed by atoms with Crippen molar-refractivity contribution in [1.29, 1.82) is 15.9 Å². The van der Waals surface area contributed by atoms with Crippen LogP contribution in [0.25, 0.3) is 22.6 Å². The van der Waals surface area contributed by atoms with Gasteiger partial charge in [0.1, 0.15) is 28.8 Å². The minimum atomic E-state index is -0.178. The molecule has 0 unspecified atom stereocenters. The van der Waals surface area contributed by atoms with Crippen LogP contribution in [0.2, 0.25) is 0 Å². The molecule has 0 fully saturated rings. The van der Waals surface area contributed by atoms with Gasteiger partial charge in [-0.05, 0) is 6.07 Å². The second kappa shape index (κ2) is 4.00. The number of aromatic amines is 1. The number of H-pyrrole nitrogens is 1. The van der Waals surface area contributed by atoms with E-state index in [1.54, 1.807) is 0 Å². The molecular weight excluding hydrogens is 256 g/mol. The van der Waals surface area contributed by atoms with Gasteiger partial charge in [0.15, 0.2) is 17.0 Å². The summed E-state index contributed by atoms with van der Waals surface area (Å²) >= 11 is 0. The molecular formula is C12H6N8. The van der Waals surface area contributed by atoms with E-state index in [4.69, 9.17) is 16.4 Å². The number of rotatable bonds is 0. The first-order valence-electron chi connectivity index (χ1n) is 5.48. The molecule has 20 heavy (non-hydrogen) atoms. The highest BCUT2D eigenvalue weighted by molar-refractivity contribution is 5.85. The summed E-state index contributed by atoms with van der Waals surface area (Å²) in [4.78, 5) is 14.9. The highest BCUT2D eigenvalue weighted by Gasteiger charge is 2.17. The van der Waals surface area contributed by atoms with E-state index in [0.29, 0.717) is 11.1 Å². The van der Waals surface area contributed by atoms with Crippen molar-refractivity contribution >= 4 is 16.9 Å². The summed E-state index contributed by atoms with van der Waals surface area (Å²) in [6.45, 7) is 0. The molecule has 8 heteroatoms. The van der Waals surface area contributed by atoms with Gasteiger partial charge in [0.25, 0.3) is 0 Å². The average Bonchev–Trinajstić information content (AvgIpc) is 2.96. The summed E-state index contributed by atoms with van der Waals surface area (Å²) in [5, 5.41) is 25.9. The van der Waals surface area contributed by atoms with Crippen LogP contribution in [-0.2, 0) is 0 Å². The molecule has 0 spiro atoms. The van der Waals surface area contributed by atoms with Crippen LogP contribution in [0.1, 0.15) is 11.1 Å². The van der Waals surface area contributed by atoms with Crippen molar-refractivity contribution in [2.75, 3.05) is 5.73 Å². The Morgan fingerprint density at radius 1 is 1.20 bits per heavy atom. The fraction of sp³-hybridized carbons (Fsp3) is 0. The first-order chi connectivity index (χ1) is 9.65. The SMILES string of the molecule is N#Cc1c2cc(N)c(C#N)c3[nH]cnc3nc-2nc1=N. The Kier molecular flexibility index (Phi) is 2.31. The summed E-state index contributed by atoms with van der Waals surface area (Å²) in [5.41, 5.74) is 7.11. The number of nitrogens with zero attached hydrogens (tertiary/aromatic N) is 5. The molecule has 2 aliphatic rings. The molecule has 0 radical (unpaired) electrons. The second-order valence-corrected chi connectivity index (χ2v) is 3.98. The van der Waals surface area contributed by atoms with Gasteiger partial charge in [-0.3, -0.25) is 5.41 Å². The first kappa shape index (κ1) is 11.6. The zero-order valence-corrected chi connectivity index (χ0v) is 9.97. The van der Waals surface area contributed by atoms with Gasteiger partial charge in [0.05, 0.1) is 12.0 Å². The Bertz CT molecular complexity index is 956. The lowest BCUT2D eigenvalue weighted by Gasteiger charge is -1.99. The number of nitrogens with one attached hydrogen (secondary N) is 2. The van der Waals surface area contributed by atoms with E-state index in [1.165, 1.54) is 12.4 Å². The van der Waals surface area contributed by atoms with Gasteiger partial charge in [0.2, 0.25) is 0 Å². The van der Waals surface area contributed by atoms with Crippen LogP contribution < -0.4 is 11.2 Å². The minimum Gasteiger partial charge on any atom is -0.398 e. The van der Waals surface area contributed by atoms with Crippen molar-refractivity contribution in [3.63, 3.8) is 0 Å². The molecule has 2 aliphatic heterocycles. The van der Waals surface area contributed by atoms with Gasteiger partial charge in [-0.15, -0.1) is 0 Å². The number of nitrogens with two attached hydrogens (primary N) is 1. The van der Waals surface area contributed by atoms with Crippen molar-refractivity contribution in [2.24, 2.45) is 0 Å². The first-order valence-corrected chi connectivity index (χ1v) is 5.48. The Labute approximate surface area is 112 Å². The van der Waals surface area contributed by atoms with Crippen LogP contribution in [-0.4, -0.2) is 19.9 Å². The van der Waals surface area contributed by atoms with Gasteiger partial charge in [-0.25, -0.2) is 15.0 Å². The number of hydrogen-bond acceptors (Lipinski definition) is 7. The maximum atomic E-state index is 9.21. The van der Waals surface area contributed by atoms with E-state index < -0.39 is 0 Å². The molecule has 1 aromatic heterocycles. The van der Waals surface area contributed by atoms with Crippen molar-refractivity contribution < 1.29 is 0 Å². The molecule has 3 rings (SSSR count). The lowest BCUT2D eigenvalue weighted by Crippen LogP contribution is -2.01. The zero-order chi connectivity index (χ0) is 14.3.